The number of aryl methyl sites for hydroxylation is 1. The molecular weight excluding hydrogens is 414 g/mol. The number of amides is 2. The van der Waals surface area contributed by atoms with Crippen molar-refractivity contribution in [2.75, 3.05) is 38.2 Å². The van der Waals surface area contributed by atoms with Gasteiger partial charge in [-0.2, -0.15) is 0 Å². The van der Waals surface area contributed by atoms with Gasteiger partial charge in [-0.3, -0.25) is 0 Å². The van der Waals surface area contributed by atoms with Crippen molar-refractivity contribution in [1.29, 1.82) is 0 Å². The summed E-state index contributed by atoms with van der Waals surface area (Å²) in [6, 6.07) is 13.0. The number of benzene rings is 2. The molecule has 0 bridgehead atoms. The second-order valence-corrected chi connectivity index (χ2v) is 9.41. The number of aliphatic hydroxyl groups excluding tert-OH is 1. The minimum atomic E-state index is 0.0738. The summed E-state index contributed by atoms with van der Waals surface area (Å²) in [5.41, 5.74) is 7.04. The van der Waals surface area contributed by atoms with Crippen LogP contribution in [0.4, 0.5) is 10.5 Å². The van der Waals surface area contributed by atoms with E-state index in [0.717, 1.165) is 48.1 Å². The zero-order valence-corrected chi connectivity index (χ0v) is 19.3. The van der Waals surface area contributed by atoms with Crippen molar-refractivity contribution in [3.63, 3.8) is 0 Å². The summed E-state index contributed by atoms with van der Waals surface area (Å²) in [7, 11) is 0. The van der Waals surface area contributed by atoms with Crippen LogP contribution < -0.4 is 10.1 Å². The van der Waals surface area contributed by atoms with Crippen molar-refractivity contribution in [3.05, 3.63) is 59.3 Å². The van der Waals surface area contributed by atoms with Crippen LogP contribution in [0.15, 0.2) is 48.2 Å². The van der Waals surface area contributed by atoms with Crippen molar-refractivity contribution in [1.82, 2.24) is 9.80 Å². The number of fused-ring (bicyclic) bond motifs is 2. The van der Waals surface area contributed by atoms with Crippen LogP contribution in [0.5, 0.6) is 5.75 Å². The number of rotatable bonds is 2. The van der Waals surface area contributed by atoms with Gasteiger partial charge in [0.15, 0.2) is 0 Å². The molecule has 2 N–H and O–H groups in total. The number of likely N-dealkylation sites (tertiary alicyclic amines) is 1. The van der Waals surface area contributed by atoms with Gasteiger partial charge in [-0.1, -0.05) is 24.3 Å². The lowest BCUT2D eigenvalue weighted by molar-refractivity contribution is 0.110. The Morgan fingerprint density at radius 3 is 2.67 bits per heavy atom. The monoisotopic (exact) mass is 447 g/mol. The van der Waals surface area contributed by atoms with E-state index in [4.69, 9.17) is 4.74 Å². The van der Waals surface area contributed by atoms with Crippen molar-refractivity contribution in [3.8, 4) is 16.9 Å². The van der Waals surface area contributed by atoms with Crippen LogP contribution in [0.25, 0.3) is 11.1 Å². The maximum atomic E-state index is 13.2. The lowest BCUT2D eigenvalue weighted by Crippen LogP contribution is -2.47. The van der Waals surface area contributed by atoms with Gasteiger partial charge < -0.3 is 25.0 Å². The largest absolute Gasteiger partial charge is 0.491 e. The Bertz CT molecular complexity index is 1060. The van der Waals surface area contributed by atoms with Gasteiger partial charge in [-0.25, -0.2) is 4.79 Å². The van der Waals surface area contributed by atoms with Crippen LogP contribution in [0.2, 0.25) is 0 Å². The third-order valence-corrected chi connectivity index (χ3v) is 7.09. The highest BCUT2D eigenvalue weighted by atomic mass is 16.5. The second-order valence-electron chi connectivity index (χ2n) is 9.41. The fourth-order valence-corrected chi connectivity index (χ4v) is 5.04. The molecule has 33 heavy (non-hydrogen) atoms. The average Bonchev–Trinajstić information content (AvgIpc) is 3.17. The smallest absolute Gasteiger partial charge is 0.320 e. The van der Waals surface area contributed by atoms with Gasteiger partial charge in [-0.05, 0) is 73.4 Å². The quantitative estimate of drug-likeness (QED) is 0.704. The molecule has 0 aliphatic carbocycles. The summed E-state index contributed by atoms with van der Waals surface area (Å²) in [5, 5.41) is 12.9. The first kappa shape index (κ1) is 21.8. The van der Waals surface area contributed by atoms with Crippen molar-refractivity contribution < 1.29 is 14.6 Å². The molecule has 6 heteroatoms. The first-order valence-corrected chi connectivity index (χ1v) is 12.1. The van der Waals surface area contributed by atoms with E-state index in [1.807, 2.05) is 15.9 Å². The molecule has 1 fully saturated rings. The van der Waals surface area contributed by atoms with Gasteiger partial charge in [0.05, 0.1) is 13.1 Å². The summed E-state index contributed by atoms with van der Waals surface area (Å²) in [6.07, 6.45) is 6.09. The molecule has 0 aromatic heterocycles. The van der Waals surface area contributed by atoms with E-state index >= 15 is 0 Å². The molecule has 2 aromatic rings. The van der Waals surface area contributed by atoms with Crippen LogP contribution in [0.3, 0.4) is 0 Å². The Kier molecular flexibility index (Phi) is 6.27. The highest BCUT2D eigenvalue weighted by Crippen LogP contribution is 2.33. The SMILES string of the molecule is CC1=CCCc2ccc(-c3ccc4c(c3)CN(C(=O)N3CCC(CO)CC3)CCO4)cc2N1. The molecule has 2 amide bonds. The minimum Gasteiger partial charge on any atom is -0.491 e. The number of anilines is 1. The molecule has 5 rings (SSSR count). The second kappa shape index (κ2) is 9.48. The fourth-order valence-electron chi connectivity index (χ4n) is 5.04. The number of urea groups is 1. The fraction of sp³-hybridized carbons (Fsp3) is 0.444. The topological polar surface area (TPSA) is 65.0 Å². The Morgan fingerprint density at radius 2 is 1.85 bits per heavy atom. The molecule has 3 aliphatic heterocycles. The summed E-state index contributed by atoms with van der Waals surface area (Å²) in [6.45, 7) is 5.38. The van der Waals surface area contributed by atoms with E-state index in [1.54, 1.807) is 0 Å². The number of hydrogen-bond donors (Lipinski definition) is 2. The molecule has 0 unspecified atom stereocenters. The zero-order chi connectivity index (χ0) is 22.8. The van der Waals surface area contributed by atoms with E-state index in [-0.39, 0.29) is 12.6 Å². The number of aliphatic hydroxyl groups is 1. The highest BCUT2D eigenvalue weighted by Gasteiger charge is 2.28. The van der Waals surface area contributed by atoms with E-state index in [2.05, 4.69) is 48.6 Å². The molecule has 0 radical (unpaired) electrons. The summed E-state index contributed by atoms with van der Waals surface area (Å²) >= 11 is 0. The third-order valence-electron chi connectivity index (χ3n) is 7.09. The van der Waals surface area contributed by atoms with Gasteiger partial charge in [0.2, 0.25) is 0 Å². The lowest BCUT2D eigenvalue weighted by atomic mass is 9.98. The highest BCUT2D eigenvalue weighted by molar-refractivity contribution is 5.76. The molecule has 3 heterocycles. The molecule has 0 saturated carbocycles. The molecule has 3 aliphatic rings. The van der Waals surface area contributed by atoms with E-state index in [0.29, 0.717) is 38.7 Å². The van der Waals surface area contributed by atoms with E-state index in [1.165, 1.54) is 16.9 Å². The summed E-state index contributed by atoms with van der Waals surface area (Å²) in [5.74, 6) is 1.18. The van der Waals surface area contributed by atoms with Crippen molar-refractivity contribution >= 4 is 11.7 Å². The van der Waals surface area contributed by atoms with Gasteiger partial charge in [0, 0.05) is 36.6 Å². The average molecular weight is 448 g/mol. The Hall–Kier alpha value is -2.99. The van der Waals surface area contributed by atoms with Crippen LogP contribution in [-0.2, 0) is 13.0 Å². The predicted molar refractivity (Wildman–Crippen MR) is 130 cm³/mol. The number of carbonyl (C=O) groups excluding carboxylic acids is 1. The summed E-state index contributed by atoms with van der Waals surface area (Å²) in [4.78, 5) is 17.0. The third kappa shape index (κ3) is 4.71. The molecule has 2 aromatic carbocycles. The molecular formula is C27H33N3O3. The molecule has 1 saturated heterocycles. The molecule has 6 nitrogen and oxygen atoms in total. The number of ether oxygens (including phenoxy) is 1. The molecule has 174 valence electrons. The van der Waals surface area contributed by atoms with Crippen LogP contribution in [-0.4, -0.2) is 53.8 Å². The predicted octanol–water partition coefficient (Wildman–Crippen LogP) is 4.63. The lowest BCUT2D eigenvalue weighted by Gasteiger charge is -2.34. The van der Waals surface area contributed by atoms with Gasteiger partial charge >= 0.3 is 6.03 Å². The van der Waals surface area contributed by atoms with Gasteiger partial charge in [0.1, 0.15) is 12.4 Å². The van der Waals surface area contributed by atoms with Crippen LogP contribution in [0, 0.1) is 5.92 Å². The minimum absolute atomic E-state index is 0.0738. The normalized spacial score (nSPS) is 18.8. The standard InChI is InChI=1S/C27H33N3O3/c1-19-3-2-4-21-5-6-23(16-25(21)28-19)22-7-8-26-24(15-22)17-30(13-14-33-26)27(32)29-11-9-20(18-31)10-12-29/h3,5-8,15-16,20,28,31H,2,4,9-14,17-18H2,1H3. The maximum Gasteiger partial charge on any atom is 0.320 e. The van der Waals surface area contributed by atoms with E-state index < -0.39 is 0 Å². The van der Waals surface area contributed by atoms with Crippen molar-refractivity contribution in [2.45, 2.75) is 39.2 Å². The number of nitrogens with one attached hydrogen (secondary N) is 1. The summed E-state index contributed by atoms with van der Waals surface area (Å²) < 4.78 is 6.00. The Morgan fingerprint density at radius 1 is 1.06 bits per heavy atom. The number of allylic oxidation sites excluding steroid dienone is 2. The molecule has 0 spiro atoms. The first-order valence-electron chi connectivity index (χ1n) is 12.1. The number of carbonyl (C=O) groups is 1. The number of piperidine rings is 1. The maximum absolute atomic E-state index is 13.2. The molecule has 0 atom stereocenters. The van der Waals surface area contributed by atoms with Crippen molar-refractivity contribution in [2.24, 2.45) is 5.92 Å². The number of nitrogens with zero attached hydrogens (tertiary/aromatic N) is 2. The van der Waals surface area contributed by atoms with Gasteiger partial charge in [-0.15, -0.1) is 0 Å². The van der Waals surface area contributed by atoms with Crippen LogP contribution >= 0.6 is 0 Å². The van der Waals surface area contributed by atoms with E-state index in [9.17, 15) is 9.90 Å². The number of hydrogen-bond acceptors (Lipinski definition) is 4. The zero-order valence-electron chi connectivity index (χ0n) is 19.3. The van der Waals surface area contributed by atoms with Crippen LogP contribution in [0.1, 0.15) is 37.3 Å². The van der Waals surface area contributed by atoms with Gasteiger partial charge in [0.25, 0.3) is 0 Å². The Balaban J connectivity index is 1.36. The first-order chi connectivity index (χ1) is 16.1. The Labute approximate surface area is 195 Å².